The largest absolute Gasteiger partial charge is 0.494 e. The Labute approximate surface area is 179 Å². The molecule has 30 heavy (non-hydrogen) atoms. The van der Waals surface area contributed by atoms with Crippen molar-refractivity contribution in [3.05, 3.63) is 75.4 Å². The molecule has 152 valence electrons. The topological polar surface area (TPSA) is 98.5 Å². The fraction of sp³-hybridized carbons (Fsp3) is 0.150. The first kappa shape index (κ1) is 19.9. The summed E-state index contributed by atoms with van der Waals surface area (Å²) >= 11 is 2.20. The lowest BCUT2D eigenvalue weighted by Crippen LogP contribution is -2.30. The fourth-order valence-corrected chi connectivity index (χ4v) is 4.58. The molecule has 0 spiro atoms. The number of fused-ring (bicyclic) bond motifs is 1. The molecule has 1 aromatic carbocycles. The molecule has 0 N–H and O–H groups in total. The minimum Gasteiger partial charge on any atom is -0.494 e. The number of hydrogen-bond acceptors (Lipinski definition) is 8. The van der Waals surface area contributed by atoms with Gasteiger partial charge in [0.2, 0.25) is 0 Å². The molecule has 3 aromatic heterocycles. The third-order valence-corrected chi connectivity index (χ3v) is 6.23. The number of carbonyl (C=O) groups excluding carboxylic acids is 1. The van der Waals surface area contributed by atoms with Crippen molar-refractivity contribution in [2.45, 2.75) is 13.5 Å². The van der Waals surface area contributed by atoms with Crippen molar-refractivity contribution < 1.29 is 14.5 Å². The van der Waals surface area contributed by atoms with Crippen LogP contribution in [0.2, 0.25) is 0 Å². The van der Waals surface area contributed by atoms with Crippen LogP contribution in [0.25, 0.3) is 10.2 Å². The molecule has 8 nitrogen and oxygen atoms in total. The summed E-state index contributed by atoms with van der Waals surface area (Å²) in [5.41, 5.74) is 1.43. The molecule has 1 amide bonds. The highest BCUT2D eigenvalue weighted by molar-refractivity contribution is 7.22. The van der Waals surface area contributed by atoms with Gasteiger partial charge in [-0.25, -0.2) is 4.98 Å². The van der Waals surface area contributed by atoms with Crippen LogP contribution in [0, 0.1) is 10.1 Å². The maximum atomic E-state index is 13.3. The zero-order valence-electron chi connectivity index (χ0n) is 15.8. The van der Waals surface area contributed by atoms with Gasteiger partial charge < -0.3 is 4.74 Å². The van der Waals surface area contributed by atoms with Crippen LogP contribution < -0.4 is 9.64 Å². The molecule has 4 rings (SSSR count). The Bertz CT molecular complexity index is 1210. The zero-order chi connectivity index (χ0) is 21.1. The van der Waals surface area contributed by atoms with Crippen LogP contribution in [0.15, 0.2) is 54.7 Å². The standard InChI is InChI=1S/C20H16N4O4S2/c1-2-28-14-6-7-15-17(11-14)30-20(22-15)23(12-13-5-3-4-10-21-13)19(25)16-8-9-18(29-16)24(26)27/h3-11H,2,12H2,1H3. The van der Waals surface area contributed by atoms with E-state index in [0.29, 0.717) is 17.4 Å². The van der Waals surface area contributed by atoms with Crippen molar-refractivity contribution in [2.24, 2.45) is 0 Å². The summed E-state index contributed by atoms with van der Waals surface area (Å²) < 4.78 is 6.43. The second-order valence-electron chi connectivity index (χ2n) is 6.17. The van der Waals surface area contributed by atoms with Crippen LogP contribution in [0.1, 0.15) is 22.3 Å². The van der Waals surface area contributed by atoms with Gasteiger partial charge in [-0.05, 0) is 43.3 Å². The van der Waals surface area contributed by atoms with Gasteiger partial charge in [0.1, 0.15) is 5.75 Å². The molecule has 0 radical (unpaired) electrons. The van der Waals surface area contributed by atoms with Gasteiger partial charge >= 0.3 is 5.00 Å². The number of nitrogens with zero attached hydrogens (tertiary/aromatic N) is 4. The summed E-state index contributed by atoms with van der Waals surface area (Å²) in [6, 6.07) is 13.8. The lowest BCUT2D eigenvalue weighted by molar-refractivity contribution is -0.380. The number of nitro groups is 1. The quantitative estimate of drug-likeness (QED) is 0.299. The fourth-order valence-electron chi connectivity index (χ4n) is 2.82. The van der Waals surface area contributed by atoms with E-state index in [-0.39, 0.29) is 22.3 Å². The predicted octanol–water partition coefficient (Wildman–Crippen LogP) is 4.91. The number of carbonyl (C=O) groups is 1. The molecule has 3 heterocycles. The molecule has 0 aliphatic rings. The maximum Gasteiger partial charge on any atom is 0.324 e. The molecule has 0 saturated carbocycles. The molecule has 0 aliphatic heterocycles. The Morgan fingerprint density at radius 2 is 2.07 bits per heavy atom. The van der Waals surface area contributed by atoms with Gasteiger partial charge in [-0.15, -0.1) is 0 Å². The number of pyridine rings is 1. The van der Waals surface area contributed by atoms with E-state index in [2.05, 4.69) is 9.97 Å². The smallest absolute Gasteiger partial charge is 0.324 e. The number of thiazole rings is 1. The van der Waals surface area contributed by atoms with Crippen LogP contribution in [-0.2, 0) is 6.54 Å². The summed E-state index contributed by atoms with van der Waals surface area (Å²) in [5, 5.41) is 11.4. The molecular formula is C20H16N4O4S2. The Morgan fingerprint density at radius 1 is 1.20 bits per heavy atom. The first-order valence-corrected chi connectivity index (χ1v) is 10.7. The first-order valence-electron chi connectivity index (χ1n) is 9.04. The van der Waals surface area contributed by atoms with Crippen LogP contribution >= 0.6 is 22.7 Å². The highest BCUT2D eigenvalue weighted by Crippen LogP contribution is 2.34. The van der Waals surface area contributed by atoms with Gasteiger partial charge in [0.15, 0.2) is 5.13 Å². The van der Waals surface area contributed by atoms with E-state index in [1.807, 2.05) is 37.3 Å². The molecule has 10 heteroatoms. The van der Waals surface area contributed by atoms with Crippen molar-refractivity contribution in [1.82, 2.24) is 9.97 Å². The number of ether oxygens (including phenoxy) is 1. The van der Waals surface area contributed by atoms with Gasteiger partial charge in [-0.3, -0.25) is 24.8 Å². The highest BCUT2D eigenvalue weighted by Gasteiger charge is 2.25. The van der Waals surface area contributed by atoms with Gasteiger partial charge in [0.05, 0.1) is 38.9 Å². The number of thiophene rings is 1. The number of rotatable bonds is 7. The van der Waals surface area contributed by atoms with E-state index in [4.69, 9.17) is 4.74 Å². The third-order valence-electron chi connectivity index (χ3n) is 4.16. The number of amides is 1. The normalized spacial score (nSPS) is 10.8. The molecule has 0 atom stereocenters. The van der Waals surface area contributed by atoms with Gasteiger partial charge in [-0.2, -0.15) is 0 Å². The van der Waals surface area contributed by atoms with E-state index in [0.717, 1.165) is 27.3 Å². The summed E-state index contributed by atoms with van der Waals surface area (Å²) in [4.78, 5) is 34.5. The predicted molar refractivity (Wildman–Crippen MR) is 117 cm³/mol. The SMILES string of the molecule is CCOc1ccc2nc(N(Cc3ccccn3)C(=O)c3ccc([N+](=O)[O-])s3)sc2c1. The molecule has 0 aliphatic carbocycles. The van der Waals surface area contributed by atoms with Crippen LogP contribution in [0.4, 0.5) is 10.1 Å². The first-order chi connectivity index (χ1) is 14.5. The number of anilines is 1. The average molecular weight is 441 g/mol. The van der Waals surface area contributed by atoms with Gasteiger partial charge in [0, 0.05) is 12.3 Å². The molecular weight excluding hydrogens is 424 g/mol. The van der Waals surface area contributed by atoms with Crippen LogP contribution in [-0.4, -0.2) is 27.4 Å². The van der Waals surface area contributed by atoms with Crippen LogP contribution in [0.5, 0.6) is 5.75 Å². The molecule has 0 unspecified atom stereocenters. The monoisotopic (exact) mass is 440 g/mol. The summed E-state index contributed by atoms with van der Waals surface area (Å²) in [6.45, 7) is 2.66. The second-order valence-corrected chi connectivity index (χ2v) is 8.24. The molecule has 0 saturated heterocycles. The van der Waals surface area contributed by atoms with Crippen molar-refractivity contribution in [2.75, 3.05) is 11.5 Å². The van der Waals surface area contributed by atoms with E-state index >= 15 is 0 Å². The van der Waals surface area contributed by atoms with Gasteiger partial charge in [-0.1, -0.05) is 28.7 Å². The Morgan fingerprint density at radius 3 is 2.77 bits per heavy atom. The average Bonchev–Trinajstić information content (AvgIpc) is 3.40. The Kier molecular flexibility index (Phi) is 5.68. The minimum absolute atomic E-state index is 0.0817. The lowest BCUT2D eigenvalue weighted by Gasteiger charge is -2.18. The van der Waals surface area contributed by atoms with Crippen molar-refractivity contribution >= 4 is 48.9 Å². The zero-order valence-corrected chi connectivity index (χ0v) is 17.5. The molecule has 4 aromatic rings. The highest BCUT2D eigenvalue weighted by atomic mass is 32.1. The summed E-state index contributed by atoms with van der Waals surface area (Å²) in [6.07, 6.45) is 1.65. The molecule has 0 bridgehead atoms. The van der Waals surface area contributed by atoms with E-state index in [1.54, 1.807) is 12.3 Å². The minimum atomic E-state index is -0.502. The number of aromatic nitrogens is 2. The Balaban J connectivity index is 1.73. The van der Waals surface area contributed by atoms with Crippen molar-refractivity contribution in [3.63, 3.8) is 0 Å². The van der Waals surface area contributed by atoms with E-state index < -0.39 is 4.92 Å². The van der Waals surface area contributed by atoms with Crippen molar-refractivity contribution in [1.29, 1.82) is 0 Å². The maximum absolute atomic E-state index is 13.3. The summed E-state index contributed by atoms with van der Waals surface area (Å²) in [5.74, 6) is 0.375. The number of benzene rings is 1. The lowest BCUT2D eigenvalue weighted by atomic mass is 10.3. The van der Waals surface area contributed by atoms with E-state index in [9.17, 15) is 14.9 Å². The molecule has 0 fully saturated rings. The van der Waals surface area contributed by atoms with Crippen LogP contribution in [0.3, 0.4) is 0 Å². The third kappa shape index (κ3) is 4.14. The van der Waals surface area contributed by atoms with Gasteiger partial charge in [0.25, 0.3) is 5.91 Å². The van der Waals surface area contributed by atoms with E-state index in [1.165, 1.54) is 28.4 Å². The second kappa shape index (κ2) is 8.56. The van der Waals surface area contributed by atoms with Crippen molar-refractivity contribution in [3.8, 4) is 5.75 Å². The Hall–Kier alpha value is -3.37. The number of hydrogen-bond donors (Lipinski definition) is 0. The summed E-state index contributed by atoms with van der Waals surface area (Å²) in [7, 11) is 0.